The van der Waals surface area contributed by atoms with Crippen molar-refractivity contribution in [2.45, 2.75) is 19.9 Å². The number of anilines is 1. The van der Waals surface area contributed by atoms with Gasteiger partial charge in [0, 0.05) is 0 Å². The summed E-state index contributed by atoms with van der Waals surface area (Å²) in [4.78, 5) is 23.2. The van der Waals surface area contributed by atoms with Crippen LogP contribution in [0, 0.1) is 11.7 Å². The molecule has 0 unspecified atom stereocenters. The molecule has 0 fully saturated rings. The lowest BCUT2D eigenvalue weighted by molar-refractivity contribution is -0.125. The number of amides is 2. The van der Waals surface area contributed by atoms with E-state index in [2.05, 4.69) is 10.6 Å². The van der Waals surface area contributed by atoms with Crippen molar-refractivity contribution in [1.29, 1.82) is 0 Å². The van der Waals surface area contributed by atoms with Gasteiger partial charge >= 0.3 is 0 Å². The monoisotopic (exact) mass is 301 g/mol. The summed E-state index contributed by atoms with van der Waals surface area (Å²) in [6.07, 6.45) is 0. The molecule has 0 aromatic heterocycles. The number of rotatable bonds is 5. The van der Waals surface area contributed by atoms with E-state index in [4.69, 9.17) is 17.3 Å². The highest BCUT2D eigenvalue weighted by Crippen LogP contribution is 2.22. The van der Waals surface area contributed by atoms with Crippen molar-refractivity contribution in [3.8, 4) is 0 Å². The number of nitrogens with two attached hydrogens (primary N) is 1. The minimum atomic E-state index is -0.669. The Hall–Kier alpha value is -1.66. The summed E-state index contributed by atoms with van der Waals surface area (Å²) in [6, 6.07) is 2.94. The number of hydrogen-bond acceptors (Lipinski definition) is 3. The van der Waals surface area contributed by atoms with Crippen molar-refractivity contribution < 1.29 is 14.0 Å². The van der Waals surface area contributed by atoms with Gasteiger partial charge in [0.15, 0.2) is 0 Å². The highest BCUT2D eigenvalue weighted by Gasteiger charge is 2.17. The standard InChI is InChI=1S/C13H17ClFN3O2/c1-7(2)12(16)13(20)17-6-11(19)18-10-4-3-8(15)5-9(10)14/h3-5,7,12H,6,16H2,1-2H3,(H,17,20)(H,18,19)/t12-/m0/s1. The summed E-state index contributed by atoms with van der Waals surface area (Å²) in [5.41, 5.74) is 5.91. The molecule has 1 aromatic carbocycles. The maximum Gasteiger partial charge on any atom is 0.243 e. The van der Waals surface area contributed by atoms with E-state index < -0.39 is 23.7 Å². The van der Waals surface area contributed by atoms with Crippen LogP contribution in [0.5, 0.6) is 0 Å². The largest absolute Gasteiger partial charge is 0.346 e. The van der Waals surface area contributed by atoms with E-state index in [1.165, 1.54) is 12.1 Å². The van der Waals surface area contributed by atoms with E-state index in [1.54, 1.807) is 0 Å². The molecule has 0 bridgehead atoms. The van der Waals surface area contributed by atoms with Crippen LogP contribution in [0.1, 0.15) is 13.8 Å². The highest BCUT2D eigenvalue weighted by atomic mass is 35.5. The van der Waals surface area contributed by atoms with Gasteiger partial charge in [-0.25, -0.2) is 4.39 Å². The molecule has 110 valence electrons. The fraction of sp³-hybridized carbons (Fsp3) is 0.385. The predicted molar refractivity (Wildman–Crippen MR) is 75.9 cm³/mol. The summed E-state index contributed by atoms with van der Waals surface area (Å²) in [6.45, 7) is 3.39. The average Bonchev–Trinajstić information content (AvgIpc) is 2.38. The summed E-state index contributed by atoms with van der Waals surface area (Å²) < 4.78 is 12.8. The second kappa shape index (κ2) is 7.21. The molecule has 0 spiro atoms. The molecule has 0 saturated carbocycles. The quantitative estimate of drug-likeness (QED) is 0.771. The first-order chi connectivity index (χ1) is 9.31. The first-order valence-corrected chi connectivity index (χ1v) is 6.47. The van der Waals surface area contributed by atoms with Crippen molar-refractivity contribution in [2.75, 3.05) is 11.9 Å². The third kappa shape index (κ3) is 4.79. The van der Waals surface area contributed by atoms with E-state index in [0.717, 1.165) is 6.07 Å². The molecule has 0 heterocycles. The van der Waals surface area contributed by atoms with Gasteiger partial charge in [0.2, 0.25) is 11.8 Å². The van der Waals surface area contributed by atoms with Crippen LogP contribution in [0.3, 0.4) is 0 Å². The van der Waals surface area contributed by atoms with E-state index in [9.17, 15) is 14.0 Å². The van der Waals surface area contributed by atoms with E-state index >= 15 is 0 Å². The van der Waals surface area contributed by atoms with Gasteiger partial charge in [-0.1, -0.05) is 25.4 Å². The number of nitrogens with one attached hydrogen (secondary N) is 2. The molecule has 1 atom stereocenters. The third-order valence-electron chi connectivity index (χ3n) is 2.65. The van der Waals surface area contributed by atoms with Crippen LogP contribution in [0.2, 0.25) is 5.02 Å². The van der Waals surface area contributed by atoms with Crippen LogP contribution in [0.4, 0.5) is 10.1 Å². The fourth-order valence-electron chi connectivity index (χ4n) is 1.37. The lowest BCUT2D eigenvalue weighted by atomic mass is 10.1. The first kappa shape index (κ1) is 16.4. The van der Waals surface area contributed by atoms with Gasteiger partial charge in [0.25, 0.3) is 0 Å². The molecule has 1 aromatic rings. The molecule has 7 heteroatoms. The van der Waals surface area contributed by atoms with Crippen molar-refractivity contribution in [2.24, 2.45) is 11.7 Å². The van der Waals surface area contributed by atoms with Gasteiger partial charge < -0.3 is 16.4 Å². The number of hydrogen-bond donors (Lipinski definition) is 3. The summed E-state index contributed by atoms with van der Waals surface area (Å²) >= 11 is 5.77. The average molecular weight is 302 g/mol. The Bertz CT molecular complexity index is 508. The lowest BCUT2D eigenvalue weighted by Gasteiger charge is -2.15. The van der Waals surface area contributed by atoms with Gasteiger partial charge in [-0.3, -0.25) is 9.59 Å². The first-order valence-electron chi connectivity index (χ1n) is 6.09. The predicted octanol–water partition coefficient (Wildman–Crippen LogP) is 1.52. The summed E-state index contributed by atoms with van der Waals surface area (Å²) in [5, 5.41) is 4.98. The van der Waals surface area contributed by atoms with Crippen LogP contribution in [0.15, 0.2) is 18.2 Å². The maximum absolute atomic E-state index is 12.8. The van der Waals surface area contributed by atoms with Crippen LogP contribution in [0.25, 0.3) is 0 Å². The normalized spacial score (nSPS) is 12.1. The SMILES string of the molecule is CC(C)[C@H](N)C(=O)NCC(=O)Nc1ccc(F)cc1Cl. The number of carbonyl (C=O) groups is 2. The molecule has 0 radical (unpaired) electrons. The van der Waals surface area contributed by atoms with Crippen molar-refractivity contribution in [3.05, 3.63) is 29.0 Å². The Morgan fingerprint density at radius 3 is 2.60 bits per heavy atom. The molecular formula is C13H17ClFN3O2. The topological polar surface area (TPSA) is 84.2 Å². The summed E-state index contributed by atoms with van der Waals surface area (Å²) in [7, 11) is 0. The summed E-state index contributed by atoms with van der Waals surface area (Å²) in [5.74, 6) is -1.39. The van der Waals surface area contributed by atoms with Gasteiger partial charge in [-0.15, -0.1) is 0 Å². The highest BCUT2D eigenvalue weighted by molar-refractivity contribution is 6.33. The molecule has 1 rings (SSSR count). The van der Waals surface area contributed by atoms with E-state index in [1.807, 2.05) is 13.8 Å². The molecule has 5 nitrogen and oxygen atoms in total. The Morgan fingerprint density at radius 2 is 2.05 bits per heavy atom. The zero-order valence-corrected chi connectivity index (χ0v) is 12.0. The smallest absolute Gasteiger partial charge is 0.243 e. The van der Waals surface area contributed by atoms with Gasteiger partial charge in [0.1, 0.15) is 5.82 Å². The van der Waals surface area contributed by atoms with Crippen molar-refractivity contribution in [1.82, 2.24) is 5.32 Å². The molecular weight excluding hydrogens is 285 g/mol. The van der Waals surface area contributed by atoms with E-state index in [-0.39, 0.29) is 23.2 Å². The third-order valence-corrected chi connectivity index (χ3v) is 2.96. The molecule has 2 amide bonds. The minimum absolute atomic E-state index is 0.0235. The number of halogens is 2. The lowest BCUT2D eigenvalue weighted by Crippen LogP contribution is -2.46. The Morgan fingerprint density at radius 1 is 1.40 bits per heavy atom. The number of carbonyl (C=O) groups excluding carboxylic acids is 2. The van der Waals surface area contributed by atoms with Crippen molar-refractivity contribution in [3.63, 3.8) is 0 Å². The molecule has 20 heavy (non-hydrogen) atoms. The Labute approximate surface area is 121 Å². The van der Waals surface area contributed by atoms with Gasteiger partial charge in [-0.05, 0) is 24.1 Å². The van der Waals surface area contributed by atoms with E-state index in [0.29, 0.717) is 0 Å². The second-order valence-electron chi connectivity index (χ2n) is 4.66. The Balaban J connectivity index is 2.50. The number of benzene rings is 1. The Kier molecular flexibility index (Phi) is 5.91. The zero-order valence-electron chi connectivity index (χ0n) is 11.2. The van der Waals surface area contributed by atoms with Crippen molar-refractivity contribution >= 4 is 29.1 Å². The van der Waals surface area contributed by atoms with Crippen LogP contribution >= 0.6 is 11.6 Å². The second-order valence-corrected chi connectivity index (χ2v) is 5.07. The molecule has 4 N–H and O–H groups in total. The van der Waals surface area contributed by atoms with Crippen LogP contribution in [-0.4, -0.2) is 24.4 Å². The maximum atomic E-state index is 12.8. The molecule has 0 aliphatic rings. The molecule has 0 aliphatic heterocycles. The minimum Gasteiger partial charge on any atom is -0.346 e. The van der Waals surface area contributed by atoms with Gasteiger partial charge in [-0.2, -0.15) is 0 Å². The fourth-order valence-corrected chi connectivity index (χ4v) is 1.59. The molecule has 0 aliphatic carbocycles. The molecule has 0 saturated heterocycles. The van der Waals surface area contributed by atoms with Crippen LogP contribution in [-0.2, 0) is 9.59 Å². The zero-order chi connectivity index (χ0) is 15.3. The van der Waals surface area contributed by atoms with Crippen LogP contribution < -0.4 is 16.4 Å². The van der Waals surface area contributed by atoms with Gasteiger partial charge in [0.05, 0.1) is 23.3 Å².